The second kappa shape index (κ2) is 4.51. The summed E-state index contributed by atoms with van der Waals surface area (Å²) in [5.74, 6) is -4.57. The van der Waals surface area contributed by atoms with Crippen molar-refractivity contribution in [1.82, 2.24) is 0 Å². The zero-order valence-electron chi connectivity index (χ0n) is 7.65. The normalized spacial score (nSPS) is 9.88. The molecule has 0 aliphatic rings. The lowest BCUT2D eigenvalue weighted by molar-refractivity contribution is -0.387. The van der Waals surface area contributed by atoms with E-state index < -0.39 is 40.6 Å². The number of ether oxygens (including phenoxy) is 1. The van der Waals surface area contributed by atoms with Crippen LogP contribution in [0.15, 0.2) is 12.1 Å². The minimum atomic E-state index is -1.38. The summed E-state index contributed by atoms with van der Waals surface area (Å²) < 4.78 is 30.4. The number of carboxylic acids is 1. The number of nitro benzene ring substituents is 1. The minimum absolute atomic E-state index is 0.326. The quantitative estimate of drug-likeness (QED) is 0.625. The predicted octanol–water partition coefficient (Wildman–Crippen LogP) is 1.34. The van der Waals surface area contributed by atoms with E-state index >= 15 is 0 Å². The molecule has 1 aromatic carbocycles. The highest BCUT2D eigenvalue weighted by Crippen LogP contribution is 2.26. The van der Waals surface area contributed by atoms with E-state index in [-0.39, 0.29) is 0 Å². The zero-order valence-corrected chi connectivity index (χ0v) is 7.65. The summed E-state index contributed by atoms with van der Waals surface area (Å²) in [7, 11) is 0. The van der Waals surface area contributed by atoms with E-state index in [4.69, 9.17) is 5.11 Å². The summed E-state index contributed by atoms with van der Waals surface area (Å²) in [6, 6.07) is 0.753. The van der Waals surface area contributed by atoms with E-state index in [2.05, 4.69) is 4.74 Å². The van der Waals surface area contributed by atoms with E-state index in [1.807, 2.05) is 0 Å². The monoisotopic (exact) mass is 233 g/mol. The van der Waals surface area contributed by atoms with Gasteiger partial charge in [-0.3, -0.25) is 10.1 Å². The molecular weight excluding hydrogens is 228 g/mol. The average molecular weight is 233 g/mol. The molecule has 0 aromatic heterocycles. The number of hydrogen-bond acceptors (Lipinski definition) is 4. The summed E-state index contributed by atoms with van der Waals surface area (Å²) in [5.41, 5.74) is -1.04. The fourth-order valence-electron chi connectivity index (χ4n) is 0.908. The molecule has 1 rings (SSSR count). The van der Waals surface area contributed by atoms with Crippen molar-refractivity contribution in [1.29, 1.82) is 0 Å². The molecule has 0 radical (unpaired) electrons. The Bertz CT molecular complexity index is 448. The maximum atomic E-state index is 13.1. The van der Waals surface area contributed by atoms with Crippen LogP contribution in [0.25, 0.3) is 0 Å². The van der Waals surface area contributed by atoms with Crippen LogP contribution < -0.4 is 4.74 Å². The molecule has 1 aromatic rings. The van der Waals surface area contributed by atoms with Crippen molar-refractivity contribution < 1.29 is 28.3 Å². The van der Waals surface area contributed by atoms with Crippen LogP contribution in [0, 0.1) is 21.7 Å². The number of carboxylic acid groups (broad SMARTS) is 1. The number of nitrogens with zero attached hydrogens (tertiary/aromatic N) is 1. The Hall–Kier alpha value is -2.25. The van der Waals surface area contributed by atoms with Crippen molar-refractivity contribution in [3.05, 3.63) is 33.9 Å². The largest absolute Gasteiger partial charge is 0.479 e. The standard InChI is InChI=1S/C8H5F2NO5/c9-4-2-7(16-3-8(12)13)5(10)1-6(4)11(14)15/h1-2H,3H2,(H,12,13). The SMILES string of the molecule is O=C(O)COc1cc(F)c([N+](=O)[O-])cc1F. The minimum Gasteiger partial charge on any atom is -0.479 e. The molecule has 0 unspecified atom stereocenters. The highest BCUT2D eigenvalue weighted by molar-refractivity contribution is 5.68. The first-order valence-electron chi connectivity index (χ1n) is 3.90. The van der Waals surface area contributed by atoms with Crippen LogP contribution >= 0.6 is 0 Å². The molecule has 86 valence electrons. The summed E-state index contributed by atoms with van der Waals surface area (Å²) >= 11 is 0. The van der Waals surface area contributed by atoms with Gasteiger partial charge < -0.3 is 9.84 Å². The van der Waals surface area contributed by atoms with Crippen LogP contribution in [0.4, 0.5) is 14.5 Å². The van der Waals surface area contributed by atoms with Gasteiger partial charge in [-0.1, -0.05) is 0 Å². The summed E-state index contributed by atoms with van der Waals surface area (Å²) in [5, 5.41) is 18.4. The number of hydrogen-bond donors (Lipinski definition) is 1. The average Bonchev–Trinajstić information content (AvgIpc) is 2.18. The first-order valence-corrected chi connectivity index (χ1v) is 3.90. The predicted molar refractivity (Wildman–Crippen MR) is 46.1 cm³/mol. The van der Waals surface area contributed by atoms with Gasteiger partial charge in [0, 0.05) is 6.07 Å². The van der Waals surface area contributed by atoms with Crippen LogP contribution in [-0.2, 0) is 4.79 Å². The molecule has 16 heavy (non-hydrogen) atoms. The van der Waals surface area contributed by atoms with Crippen molar-refractivity contribution >= 4 is 11.7 Å². The zero-order chi connectivity index (χ0) is 12.3. The van der Waals surface area contributed by atoms with Crippen LogP contribution in [-0.4, -0.2) is 22.6 Å². The molecule has 8 heteroatoms. The number of halogens is 2. The van der Waals surface area contributed by atoms with Crippen molar-refractivity contribution in [2.45, 2.75) is 0 Å². The molecule has 0 heterocycles. The van der Waals surface area contributed by atoms with Gasteiger partial charge in [-0.25, -0.2) is 9.18 Å². The molecule has 0 amide bonds. The molecular formula is C8H5F2NO5. The van der Waals surface area contributed by atoms with Crippen LogP contribution in [0.2, 0.25) is 0 Å². The third-order valence-electron chi connectivity index (χ3n) is 1.55. The molecule has 0 aliphatic carbocycles. The maximum Gasteiger partial charge on any atom is 0.341 e. The molecule has 0 saturated heterocycles. The maximum absolute atomic E-state index is 13.1. The lowest BCUT2D eigenvalue weighted by Gasteiger charge is -2.04. The lowest BCUT2D eigenvalue weighted by atomic mass is 10.3. The van der Waals surface area contributed by atoms with Crippen LogP contribution in [0.5, 0.6) is 5.75 Å². The molecule has 0 atom stereocenters. The van der Waals surface area contributed by atoms with Gasteiger partial charge in [-0.15, -0.1) is 0 Å². The van der Waals surface area contributed by atoms with E-state index in [0.717, 1.165) is 0 Å². The van der Waals surface area contributed by atoms with Gasteiger partial charge in [0.25, 0.3) is 0 Å². The number of aliphatic carboxylic acids is 1. The Balaban J connectivity index is 3.01. The van der Waals surface area contributed by atoms with Gasteiger partial charge in [0.05, 0.1) is 11.0 Å². The van der Waals surface area contributed by atoms with E-state index in [1.165, 1.54) is 0 Å². The molecule has 0 fully saturated rings. The Labute approximate surface area is 87.2 Å². The molecule has 1 N–H and O–H groups in total. The molecule has 0 spiro atoms. The van der Waals surface area contributed by atoms with Gasteiger partial charge in [0.1, 0.15) is 0 Å². The fraction of sp³-hybridized carbons (Fsp3) is 0.125. The summed E-state index contributed by atoms with van der Waals surface area (Å²) in [6.45, 7) is -0.867. The third-order valence-corrected chi connectivity index (χ3v) is 1.55. The van der Waals surface area contributed by atoms with Gasteiger partial charge in [-0.05, 0) is 0 Å². The van der Waals surface area contributed by atoms with Crippen molar-refractivity contribution in [2.24, 2.45) is 0 Å². The Morgan fingerprint density at radius 3 is 2.56 bits per heavy atom. The van der Waals surface area contributed by atoms with E-state index in [0.29, 0.717) is 12.1 Å². The highest BCUT2D eigenvalue weighted by atomic mass is 19.1. The topological polar surface area (TPSA) is 89.7 Å². The fourth-order valence-corrected chi connectivity index (χ4v) is 0.908. The number of carbonyl (C=O) groups is 1. The van der Waals surface area contributed by atoms with Gasteiger partial charge >= 0.3 is 11.7 Å². The number of benzene rings is 1. The number of nitro groups is 1. The summed E-state index contributed by atoms with van der Waals surface area (Å²) in [6.07, 6.45) is 0. The van der Waals surface area contributed by atoms with E-state index in [1.54, 1.807) is 0 Å². The Morgan fingerprint density at radius 1 is 1.44 bits per heavy atom. The van der Waals surface area contributed by atoms with Crippen molar-refractivity contribution in [3.8, 4) is 5.75 Å². The third kappa shape index (κ3) is 2.62. The van der Waals surface area contributed by atoms with Gasteiger partial charge in [0.15, 0.2) is 18.2 Å². The Kier molecular flexibility index (Phi) is 3.33. The number of rotatable bonds is 4. The molecule has 0 bridgehead atoms. The first kappa shape index (κ1) is 11.8. The second-order valence-corrected chi connectivity index (χ2v) is 2.67. The van der Waals surface area contributed by atoms with Crippen LogP contribution in [0.3, 0.4) is 0 Å². The first-order chi connectivity index (χ1) is 7.41. The molecule has 0 saturated carbocycles. The molecule has 0 aliphatic heterocycles. The molecule has 6 nitrogen and oxygen atoms in total. The lowest BCUT2D eigenvalue weighted by Crippen LogP contribution is -2.10. The second-order valence-electron chi connectivity index (χ2n) is 2.67. The summed E-state index contributed by atoms with van der Waals surface area (Å²) in [4.78, 5) is 19.2. The van der Waals surface area contributed by atoms with Crippen molar-refractivity contribution in [2.75, 3.05) is 6.61 Å². The highest BCUT2D eigenvalue weighted by Gasteiger charge is 2.19. The van der Waals surface area contributed by atoms with Crippen LogP contribution in [0.1, 0.15) is 0 Å². The van der Waals surface area contributed by atoms with E-state index in [9.17, 15) is 23.7 Å². The smallest absolute Gasteiger partial charge is 0.341 e. The van der Waals surface area contributed by atoms with Gasteiger partial charge in [0.2, 0.25) is 5.82 Å². The van der Waals surface area contributed by atoms with Gasteiger partial charge in [-0.2, -0.15) is 4.39 Å². The van der Waals surface area contributed by atoms with Crippen molar-refractivity contribution in [3.63, 3.8) is 0 Å². The Morgan fingerprint density at radius 2 is 2.06 bits per heavy atom.